The number of aryl methyl sites for hydroxylation is 1. The Morgan fingerprint density at radius 3 is 2.58 bits per heavy atom. The molecule has 0 saturated heterocycles. The molecular formula is C19H27FO4. The van der Waals surface area contributed by atoms with Gasteiger partial charge in [0.05, 0.1) is 12.2 Å². The quantitative estimate of drug-likeness (QED) is 0.554. The van der Waals surface area contributed by atoms with Crippen molar-refractivity contribution >= 4 is 11.8 Å². The first-order chi connectivity index (χ1) is 11.2. The Morgan fingerprint density at radius 1 is 1.33 bits per heavy atom. The first-order valence-corrected chi connectivity index (χ1v) is 8.33. The van der Waals surface area contributed by atoms with Crippen LogP contribution in [0, 0.1) is 18.7 Å². The molecule has 0 saturated carbocycles. The lowest BCUT2D eigenvalue weighted by Crippen LogP contribution is -2.38. The van der Waals surface area contributed by atoms with E-state index < -0.39 is 11.6 Å². The minimum Gasteiger partial charge on any atom is -0.466 e. The Labute approximate surface area is 143 Å². The molecule has 134 valence electrons. The van der Waals surface area contributed by atoms with Crippen LogP contribution in [0.3, 0.4) is 0 Å². The van der Waals surface area contributed by atoms with E-state index in [-0.39, 0.29) is 37.0 Å². The molecule has 0 heterocycles. The second-order valence-electron chi connectivity index (χ2n) is 6.48. The molecule has 0 amide bonds. The number of Topliss-reactive ketones (excluding diaryl/α,β-unsaturated/α-hetero) is 1. The minimum absolute atomic E-state index is 0.113. The molecule has 1 aromatic carbocycles. The van der Waals surface area contributed by atoms with E-state index >= 15 is 0 Å². The molecule has 4 nitrogen and oxygen atoms in total. The van der Waals surface area contributed by atoms with Crippen molar-refractivity contribution in [3.63, 3.8) is 0 Å². The van der Waals surface area contributed by atoms with E-state index in [1.165, 1.54) is 6.07 Å². The molecule has 1 aromatic rings. The monoisotopic (exact) mass is 338 g/mol. The van der Waals surface area contributed by atoms with Gasteiger partial charge in [0.2, 0.25) is 0 Å². The maximum absolute atomic E-state index is 13.6. The highest BCUT2D eigenvalue weighted by Gasteiger charge is 2.34. The Kier molecular flexibility index (Phi) is 7.55. The first kappa shape index (κ1) is 20.3. The van der Waals surface area contributed by atoms with Crippen LogP contribution in [0.4, 0.5) is 4.39 Å². The van der Waals surface area contributed by atoms with Gasteiger partial charge in [-0.2, -0.15) is 0 Å². The van der Waals surface area contributed by atoms with Gasteiger partial charge in [-0.15, -0.1) is 0 Å². The van der Waals surface area contributed by atoms with Gasteiger partial charge in [-0.3, -0.25) is 9.59 Å². The Morgan fingerprint density at radius 2 is 2.00 bits per heavy atom. The molecule has 0 aliphatic rings. The normalized spacial score (nSPS) is 13.6. The van der Waals surface area contributed by atoms with Crippen molar-refractivity contribution in [1.29, 1.82) is 0 Å². The third kappa shape index (κ3) is 5.71. The summed E-state index contributed by atoms with van der Waals surface area (Å²) in [6.07, 6.45) is 0.341. The van der Waals surface area contributed by atoms with Gasteiger partial charge in [-0.1, -0.05) is 26.0 Å². The Hall–Kier alpha value is -1.75. The fraction of sp³-hybridized carbons (Fsp3) is 0.579. The lowest BCUT2D eigenvalue weighted by atomic mass is 9.80. The molecule has 24 heavy (non-hydrogen) atoms. The highest BCUT2D eigenvalue weighted by atomic mass is 19.1. The summed E-state index contributed by atoms with van der Waals surface area (Å²) in [6, 6.07) is 4.86. The van der Waals surface area contributed by atoms with E-state index in [1.807, 2.05) is 19.9 Å². The minimum atomic E-state index is -1.23. The molecular weight excluding hydrogens is 311 g/mol. The third-order valence-corrected chi connectivity index (χ3v) is 4.43. The summed E-state index contributed by atoms with van der Waals surface area (Å²) in [4.78, 5) is 23.5. The fourth-order valence-electron chi connectivity index (χ4n) is 2.63. The summed E-state index contributed by atoms with van der Waals surface area (Å²) in [5, 5.41) is 10.9. The molecule has 0 fully saturated rings. The van der Waals surface area contributed by atoms with Crippen molar-refractivity contribution in [2.75, 3.05) is 6.61 Å². The van der Waals surface area contributed by atoms with Crippen LogP contribution >= 0.6 is 0 Å². The van der Waals surface area contributed by atoms with Gasteiger partial charge in [0.15, 0.2) is 0 Å². The van der Waals surface area contributed by atoms with Crippen molar-refractivity contribution < 1.29 is 23.8 Å². The lowest BCUT2D eigenvalue weighted by molar-refractivity contribution is -0.146. The Balaban J connectivity index is 2.75. The molecule has 0 radical (unpaired) electrons. The number of aliphatic hydroxyl groups is 1. The van der Waals surface area contributed by atoms with E-state index in [1.54, 1.807) is 19.9 Å². The standard InChI is InChI=1S/C19H27FO4/c1-5-24-18(22)11-16(21)12-19(23,13(2)3)10-9-15-7-6-8-17(20)14(15)4/h6-8,13,23H,5,9-12H2,1-4H3. The molecule has 0 aromatic heterocycles. The van der Waals surface area contributed by atoms with E-state index in [0.29, 0.717) is 18.4 Å². The zero-order valence-electron chi connectivity index (χ0n) is 14.9. The largest absolute Gasteiger partial charge is 0.466 e. The highest BCUT2D eigenvalue weighted by Crippen LogP contribution is 2.29. The van der Waals surface area contributed by atoms with E-state index in [4.69, 9.17) is 4.74 Å². The van der Waals surface area contributed by atoms with Crippen molar-refractivity contribution in [2.45, 2.75) is 59.0 Å². The molecule has 1 N–H and O–H groups in total. The molecule has 1 atom stereocenters. The summed E-state index contributed by atoms with van der Waals surface area (Å²) in [6.45, 7) is 7.25. The Bertz CT molecular complexity index is 583. The number of carbonyl (C=O) groups excluding carboxylic acids is 2. The van der Waals surface area contributed by atoms with Crippen LogP contribution in [0.1, 0.15) is 51.2 Å². The summed E-state index contributed by atoms with van der Waals surface area (Å²) in [5.74, 6) is -1.37. The highest BCUT2D eigenvalue weighted by molar-refractivity contribution is 5.95. The summed E-state index contributed by atoms with van der Waals surface area (Å²) < 4.78 is 18.4. The molecule has 1 rings (SSSR count). The SMILES string of the molecule is CCOC(=O)CC(=O)CC(O)(CCc1cccc(F)c1C)C(C)C. The van der Waals surface area contributed by atoms with Gasteiger partial charge in [-0.05, 0) is 49.8 Å². The number of benzene rings is 1. The number of hydrogen-bond acceptors (Lipinski definition) is 4. The van der Waals surface area contributed by atoms with Crippen molar-refractivity contribution in [1.82, 2.24) is 0 Å². The van der Waals surface area contributed by atoms with Gasteiger partial charge >= 0.3 is 5.97 Å². The average molecular weight is 338 g/mol. The predicted molar refractivity (Wildman–Crippen MR) is 90.1 cm³/mol. The van der Waals surface area contributed by atoms with Crippen LogP contribution in [0.5, 0.6) is 0 Å². The topological polar surface area (TPSA) is 63.6 Å². The zero-order valence-corrected chi connectivity index (χ0v) is 14.9. The van der Waals surface area contributed by atoms with Gasteiger partial charge in [0.1, 0.15) is 18.0 Å². The number of ketones is 1. The van der Waals surface area contributed by atoms with Gasteiger partial charge in [-0.25, -0.2) is 4.39 Å². The van der Waals surface area contributed by atoms with E-state index in [0.717, 1.165) is 5.56 Å². The maximum Gasteiger partial charge on any atom is 0.313 e. The molecule has 0 aliphatic carbocycles. The van der Waals surface area contributed by atoms with Crippen LogP contribution in [-0.2, 0) is 20.7 Å². The maximum atomic E-state index is 13.6. The van der Waals surface area contributed by atoms with E-state index in [2.05, 4.69) is 0 Å². The molecule has 0 spiro atoms. The molecule has 0 aliphatic heterocycles. The second-order valence-corrected chi connectivity index (χ2v) is 6.48. The third-order valence-electron chi connectivity index (χ3n) is 4.43. The summed E-state index contributed by atoms with van der Waals surface area (Å²) >= 11 is 0. The average Bonchev–Trinajstić information content (AvgIpc) is 2.48. The number of esters is 1. The van der Waals surface area contributed by atoms with E-state index in [9.17, 15) is 19.1 Å². The first-order valence-electron chi connectivity index (χ1n) is 8.33. The van der Waals surface area contributed by atoms with Crippen molar-refractivity contribution in [3.05, 3.63) is 35.1 Å². The summed E-state index contributed by atoms with van der Waals surface area (Å²) in [7, 11) is 0. The van der Waals surface area contributed by atoms with Crippen molar-refractivity contribution in [3.8, 4) is 0 Å². The number of ether oxygens (including phenoxy) is 1. The number of rotatable bonds is 9. The fourth-order valence-corrected chi connectivity index (χ4v) is 2.63. The van der Waals surface area contributed by atoms with Crippen LogP contribution in [0.15, 0.2) is 18.2 Å². The van der Waals surface area contributed by atoms with Crippen LogP contribution in [0.25, 0.3) is 0 Å². The molecule has 5 heteroatoms. The number of hydrogen-bond donors (Lipinski definition) is 1. The smallest absolute Gasteiger partial charge is 0.313 e. The lowest BCUT2D eigenvalue weighted by Gasteiger charge is -2.32. The van der Waals surface area contributed by atoms with Gasteiger partial charge < -0.3 is 9.84 Å². The number of halogens is 1. The van der Waals surface area contributed by atoms with Crippen LogP contribution in [-0.4, -0.2) is 29.1 Å². The van der Waals surface area contributed by atoms with Crippen LogP contribution in [0.2, 0.25) is 0 Å². The summed E-state index contributed by atoms with van der Waals surface area (Å²) in [5.41, 5.74) is 0.135. The molecule has 1 unspecified atom stereocenters. The zero-order chi connectivity index (χ0) is 18.3. The second kappa shape index (κ2) is 8.92. The van der Waals surface area contributed by atoms with Gasteiger partial charge in [0, 0.05) is 6.42 Å². The number of carbonyl (C=O) groups is 2. The molecule has 0 bridgehead atoms. The van der Waals surface area contributed by atoms with Crippen LogP contribution < -0.4 is 0 Å². The van der Waals surface area contributed by atoms with Gasteiger partial charge in [0.25, 0.3) is 0 Å². The van der Waals surface area contributed by atoms with Crippen molar-refractivity contribution in [2.24, 2.45) is 5.92 Å². The predicted octanol–water partition coefficient (Wildman–Crippen LogP) is 3.37.